The van der Waals surface area contributed by atoms with Crippen molar-refractivity contribution in [2.45, 2.75) is 19.8 Å². The molecule has 1 aromatic rings. The summed E-state index contributed by atoms with van der Waals surface area (Å²) in [5.74, 6) is -1.88. The SMILES string of the molecule is COC(=O)c1csc(C(C(=O)O)C(C)C)c1. The molecule has 1 unspecified atom stereocenters. The molecule has 1 N–H and O–H groups in total. The van der Waals surface area contributed by atoms with E-state index in [1.165, 1.54) is 18.4 Å². The molecule has 1 aromatic heterocycles. The zero-order valence-electron chi connectivity index (χ0n) is 9.39. The van der Waals surface area contributed by atoms with Crippen LogP contribution in [0.25, 0.3) is 0 Å². The summed E-state index contributed by atoms with van der Waals surface area (Å²) in [5.41, 5.74) is 0.411. The second kappa shape index (κ2) is 5.12. The van der Waals surface area contributed by atoms with Crippen LogP contribution in [-0.4, -0.2) is 24.2 Å². The number of methoxy groups -OCH3 is 1. The van der Waals surface area contributed by atoms with Gasteiger partial charge in [0.1, 0.15) is 0 Å². The van der Waals surface area contributed by atoms with E-state index in [4.69, 9.17) is 5.11 Å². The molecule has 0 bridgehead atoms. The molecule has 0 amide bonds. The van der Waals surface area contributed by atoms with Crippen LogP contribution in [0.1, 0.15) is 35.0 Å². The van der Waals surface area contributed by atoms with Crippen molar-refractivity contribution in [3.05, 3.63) is 21.9 Å². The van der Waals surface area contributed by atoms with Gasteiger partial charge in [-0.05, 0) is 12.0 Å². The number of ether oxygens (including phenoxy) is 1. The van der Waals surface area contributed by atoms with Gasteiger partial charge < -0.3 is 9.84 Å². The van der Waals surface area contributed by atoms with Gasteiger partial charge in [0.25, 0.3) is 0 Å². The lowest BCUT2D eigenvalue weighted by Crippen LogP contribution is -2.16. The first-order valence-electron chi connectivity index (χ1n) is 4.87. The Morgan fingerprint density at radius 3 is 2.50 bits per heavy atom. The number of thiophene rings is 1. The number of carboxylic acids is 1. The Labute approximate surface area is 97.9 Å². The lowest BCUT2D eigenvalue weighted by atomic mass is 9.94. The topological polar surface area (TPSA) is 63.6 Å². The maximum Gasteiger partial charge on any atom is 0.338 e. The molecule has 0 aromatic carbocycles. The standard InChI is InChI=1S/C11H14O4S/c1-6(2)9(10(12)13)8-4-7(5-16-8)11(14)15-3/h4-6,9H,1-3H3,(H,12,13). The monoisotopic (exact) mass is 242 g/mol. The van der Waals surface area contributed by atoms with Gasteiger partial charge in [-0.25, -0.2) is 4.79 Å². The molecule has 0 spiro atoms. The van der Waals surface area contributed by atoms with Gasteiger partial charge in [0.15, 0.2) is 0 Å². The van der Waals surface area contributed by atoms with Gasteiger partial charge in [0.2, 0.25) is 0 Å². The Hall–Kier alpha value is -1.36. The van der Waals surface area contributed by atoms with E-state index in [1.54, 1.807) is 11.4 Å². The van der Waals surface area contributed by atoms with Gasteiger partial charge in [-0.15, -0.1) is 11.3 Å². The van der Waals surface area contributed by atoms with Crippen LogP contribution >= 0.6 is 11.3 Å². The number of hydrogen-bond donors (Lipinski definition) is 1. The van der Waals surface area contributed by atoms with Crippen molar-refractivity contribution in [1.29, 1.82) is 0 Å². The van der Waals surface area contributed by atoms with E-state index in [0.717, 1.165) is 0 Å². The number of esters is 1. The molecule has 0 saturated heterocycles. The molecule has 0 radical (unpaired) electrons. The predicted molar refractivity (Wildman–Crippen MR) is 60.9 cm³/mol. The third-order valence-electron chi connectivity index (χ3n) is 2.28. The van der Waals surface area contributed by atoms with Crippen molar-refractivity contribution < 1.29 is 19.4 Å². The summed E-state index contributed by atoms with van der Waals surface area (Å²) in [4.78, 5) is 23.0. The van der Waals surface area contributed by atoms with Crippen LogP contribution < -0.4 is 0 Å². The van der Waals surface area contributed by atoms with Crippen molar-refractivity contribution in [3.8, 4) is 0 Å². The zero-order valence-corrected chi connectivity index (χ0v) is 10.2. The summed E-state index contributed by atoms with van der Waals surface area (Å²) in [6.07, 6.45) is 0. The van der Waals surface area contributed by atoms with Crippen molar-refractivity contribution in [2.24, 2.45) is 5.92 Å². The van der Waals surface area contributed by atoms with E-state index < -0.39 is 17.9 Å². The van der Waals surface area contributed by atoms with E-state index in [2.05, 4.69) is 4.74 Å². The number of hydrogen-bond acceptors (Lipinski definition) is 4. The fourth-order valence-electron chi connectivity index (χ4n) is 1.48. The molecule has 0 saturated carbocycles. The van der Waals surface area contributed by atoms with Gasteiger partial charge in [-0.2, -0.15) is 0 Å². The summed E-state index contributed by atoms with van der Waals surface area (Å²) in [7, 11) is 1.30. The quantitative estimate of drug-likeness (QED) is 0.823. The summed E-state index contributed by atoms with van der Waals surface area (Å²) >= 11 is 1.28. The molecule has 4 nitrogen and oxygen atoms in total. The van der Waals surface area contributed by atoms with Gasteiger partial charge in [0, 0.05) is 10.3 Å². The summed E-state index contributed by atoms with van der Waals surface area (Å²) < 4.78 is 4.57. The van der Waals surface area contributed by atoms with E-state index in [0.29, 0.717) is 10.4 Å². The number of carboxylic acid groups (broad SMARTS) is 1. The Balaban J connectivity index is 2.99. The van der Waals surface area contributed by atoms with Crippen molar-refractivity contribution >= 4 is 23.3 Å². The third-order valence-corrected chi connectivity index (χ3v) is 3.30. The first-order valence-corrected chi connectivity index (χ1v) is 5.75. The number of aliphatic carboxylic acids is 1. The van der Waals surface area contributed by atoms with Crippen LogP contribution in [-0.2, 0) is 9.53 Å². The van der Waals surface area contributed by atoms with Crippen molar-refractivity contribution in [3.63, 3.8) is 0 Å². The molecule has 0 aliphatic rings. The molecule has 5 heteroatoms. The second-order valence-corrected chi connectivity index (χ2v) is 4.73. The first kappa shape index (κ1) is 12.7. The van der Waals surface area contributed by atoms with Crippen molar-refractivity contribution in [2.75, 3.05) is 7.11 Å². The Bertz CT molecular complexity index is 394. The molecule has 0 aliphatic carbocycles. The normalized spacial score (nSPS) is 12.5. The highest BCUT2D eigenvalue weighted by atomic mass is 32.1. The number of rotatable bonds is 4. The Morgan fingerprint density at radius 1 is 1.44 bits per heavy atom. The molecule has 1 heterocycles. The van der Waals surface area contributed by atoms with Crippen LogP contribution in [0.3, 0.4) is 0 Å². The largest absolute Gasteiger partial charge is 0.481 e. The highest BCUT2D eigenvalue weighted by molar-refractivity contribution is 7.10. The minimum atomic E-state index is -0.867. The van der Waals surface area contributed by atoms with E-state index in [9.17, 15) is 9.59 Å². The maximum absolute atomic E-state index is 11.2. The van der Waals surface area contributed by atoms with Crippen LogP contribution in [0.4, 0.5) is 0 Å². The van der Waals surface area contributed by atoms with E-state index >= 15 is 0 Å². The van der Waals surface area contributed by atoms with Gasteiger partial charge in [-0.3, -0.25) is 4.79 Å². The van der Waals surface area contributed by atoms with Gasteiger partial charge >= 0.3 is 11.9 Å². The highest BCUT2D eigenvalue weighted by Crippen LogP contribution is 2.30. The molecule has 88 valence electrons. The summed E-state index contributed by atoms with van der Waals surface area (Å²) in [6, 6.07) is 1.59. The zero-order chi connectivity index (χ0) is 12.3. The lowest BCUT2D eigenvalue weighted by molar-refractivity contribution is -0.139. The minimum absolute atomic E-state index is 0.0124. The van der Waals surface area contributed by atoms with Crippen LogP contribution in [0.15, 0.2) is 11.4 Å². The molecule has 1 atom stereocenters. The smallest absolute Gasteiger partial charge is 0.338 e. The molecule has 0 fully saturated rings. The molecule has 1 rings (SSSR count). The van der Waals surface area contributed by atoms with Gasteiger partial charge in [-0.1, -0.05) is 13.8 Å². The first-order chi connectivity index (χ1) is 7.47. The lowest BCUT2D eigenvalue weighted by Gasteiger charge is -2.13. The fourth-order valence-corrected chi connectivity index (χ4v) is 2.62. The second-order valence-electron chi connectivity index (χ2n) is 3.79. The average Bonchev–Trinajstić information content (AvgIpc) is 2.64. The summed E-state index contributed by atoms with van der Waals surface area (Å²) in [5, 5.41) is 10.7. The van der Waals surface area contributed by atoms with Gasteiger partial charge in [0.05, 0.1) is 18.6 Å². The molecule has 16 heavy (non-hydrogen) atoms. The summed E-state index contributed by atoms with van der Waals surface area (Å²) in [6.45, 7) is 3.69. The average molecular weight is 242 g/mol. The molecular weight excluding hydrogens is 228 g/mol. The maximum atomic E-state index is 11.2. The van der Waals surface area contributed by atoms with E-state index in [-0.39, 0.29) is 5.92 Å². The Kier molecular flexibility index (Phi) is 4.06. The number of carbonyl (C=O) groups excluding carboxylic acids is 1. The minimum Gasteiger partial charge on any atom is -0.481 e. The third kappa shape index (κ3) is 2.61. The predicted octanol–water partition coefficient (Wildman–Crippen LogP) is 2.36. The molecule has 0 aliphatic heterocycles. The van der Waals surface area contributed by atoms with Crippen molar-refractivity contribution in [1.82, 2.24) is 0 Å². The van der Waals surface area contributed by atoms with Crippen LogP contribution in [0.2, 0.25) is 0 Å². The van der Waals surface area contributed by atoms with E-state index in [1.807, 2.05) is 13.8 Å². The number of carbonyl (C=O) groups is 2. The van der Waals surface area contributed by atoms with Crippen LogP contribution in [0, 0.1) is 5.92 Å². The van der Waals surface area contributed by atoms with Crippen LogP contribution in [0.5, 0.6) is 0 Å². The highest BCUT2D eigenvalue weighted by Gasteiger charge is 2.26. The molecular formula is C11H14O4S. The fraction of sp³-hybridized carbons (Fsp3) is 0.455. The Morgan fingerprint density at radius 2 is 2.06 bits per heavy atom.